The fourth-order valence-corrected chi connectivity index (χ4v) is 4.33. The summed E-state index contributed by atoms with van der Waals surface area (Å²) in [5.74, 6) is 0.348. The topological polar surface area (TPSA) is 50.9 Å². The minimum Gasteiger partial charge on any atom is -1.00 e. The number of ketones is 2. The Morgan fingerprint density at radius 2 is 1.15 bits per heavy atom. The van der Waals surface area contributed by atoms with E-state index in [2.05, 4.69) is 86.3 Å². The Labute approximate surface area is 253 Å². The molecule has 0 spiro atoms. The third-order valence-corrected chi connectivity index (χ3v) is 7.42. The summed E-state index contributed by atoms with van der Waals surface area (Å²) in [6.07, 6.45) is 4.00. The van der Waals surface area contributed by atoms with E-state index in [-0.39, 0.29) is 39.4 Å². The van der Waals surface area contributed by atoms with Crippen LogP contribution < -0.4 is 21.5 Å². The van der Waals surface area contributed by atoms with E-state index in [1.54, 1.807) is 13.8 Å². The molecule has 2 atom stereocenters. The molecule has 6 rings (SSSR count). The first-order chi connectivity index (χ1) is 18.8. The molecule has 2 heterocycles. The molecule has 0 bridgehead atoms. The van der Waals surface area contributed by atoms with Crippen LogP contribution in [0.25, 0.3) is 43.4 Å². The first-order valence-electron chi connectivity index (χ1n) is 13.0. The standard InChI is InChI=1S/C17H16NO.C13H9N.C4H7BrO.BrH/c1-12(13(2)19)18-11-14-7-3-4-8-15(14)16-9-5-6-10-17(16)18;1-2-6-11-10(5-1)9-14-13-8-4-3-7-12(11)13;1-3(5)4(2)6;/h3-12H,1-2H3;1-9H;3H,1-2H3;1H/q+1;;;/p-1. The highest BCUT2D eigenvalue weighted by Crippen LogP contribution is 2.24. The van der Waals surface area contributed by atoms with E-state index in [9.17, 15) is 9.59 Å². The van der Waals surface area contributed by atoms with Crippen molar-refractivity contribution in [3.8, 4) is 0 Å². The zero-order valence-electron chi connectivity index (χ0n) is 23.0. The van der Waals surface area contributed by atoms with Crippen molar-refractivity contribution in [2.24, 2.45) is 0 Å². The predicted molar refractivity (Wildman–Crippen MR) is 165 cm³/mol. The Morgan fingerprint density at radius 1 is 0.675 bits per heavy atom. The van der Waals surface area contributed by atoms with Gasteiger partial charge >= 0.3 is 0 Å². The minimum absolute atomic E-state index is 0. The van der Waals surface area contributed by atoms with Gasteiger partial charge in [-0.15, -0.1) is 0 Å². The third kappa shape index (κ3) is 7.18. The van der Waals surface area contributed by atoms with E-state index < -0.39 is 0 Å². The third-order valence-electron chi connectivity index (χ3n) is 6.77. The molecule has 0 saturated heterocycles. The molecule has 204 valence electrons. The molecule has 2 unspecified atom stereocenters. The number of Topliss-reactive ketones (excluding diaryl/α,β-unsaturated/α-hetero) is 2. The van der Waals surface area contributed by atoms with Crippen molar-refractivity contribution in [2.75, 3.05) is 0 Å². The minimum atomic E-state index is -0.144. The lowest BCUT2D eigenvalue weighted by Crippen LogP contribution is -3.00. The zero-order valence-corrected chi connectivity index (χ0v) is 26.2. The fraction of sp³-hybridized carbons (Fsp3) is 0.176. The van der Waals surface area contributed by atoms with Crippen LogP contribution in [-0.2, 0) is 9.59 Å². The SMILES string of the molecule is CC(=O)C(C)Br.CC(=O)C(C)[n+]1cc2ccccc2c2ccccc21.[Br-].c1ccc2c(c1)cnc1ccccc12. The number of halogens is 2. The summed E-state index contributed by atoms with van der Waals surface area (Å²) >= 11 is 3.09. The maximum atomic E-state index is 11.7. The van der Waals surface area contributed by atoms with Crippen LogP contribution in [-0.4, -0.2) is 21.4 Å². The van der Waals surface area contributed by atoms with Crippen LogP contribution in [0.2, 0.25) is 0 Å². The molecular formula is C34H32Br2N2O2. The number of aromatic nitrogens is 2. The van der Waals surface area contributed by atoms with Crippen LogP contribution in [0, 0.1) is 0 Å². The molecule has 2 aromatic heterocycles. The van der Waals surface area contributed by atoms with Gasteiger partial charge in [-0.2, -0.15) is 4.57 Å². The van der Waals surface area contributed by atoms with Crippen LogP contribution in [0.5, 0.6) is 0 Å². The Balaban J connectivity index is 0.000000185. The molecule has 0 radical (unpaired) electrons. The van der Waals surface area contributed by atoms with E-state index >= 15 is 0 Å². The van der Waals surface area contributed by atoms with Crippen molar-refractivity contribution < 1.29 is 31.1 Å². The number of rotatable bonds is 3. The zero-order chi connectivity index (χ0) is 27.9. The van der Waals surface area contributed by atoms with Crippen molar-refractivity contribution in [1.82, 2.24) is 4.98 Å². The molecule has 0 aliphatic rings. The number of carbonyl (C=O) groups excluding carboxylic acids is 2. The average Bonchev–Trinajstić information content (AvgIpc) is 2.97. The van der Waals surface area contributed by atoms with Crippen LogP contribution >= 0.6 is 15.9 Å². The molecule has 6 heteroatoms. The number of carbonyl (C=O) groups is 2. The van der Waals surface area contributed by atoms with Gasteiger partial charge in [-0.25, -0.2) is 0 Å². The normalized spacial score (nSPS) is 11.9. The highest BCUT2D eigenvalue weighted by molar-refractivity contribution is 9.10. The van der Waals surface area contributed by atoms with Gasteiger partial charge in [-0.3, -0.25) is 14.6 Å². The maximum Gasteiger partial charge on any atom is 0.213 e. The van der Waals surface area contributed by atoms with Gasteiger partial charge in [0, 0.05) is 47.7 Å². The summed E-state index contributed by atoms with van der Waals surface area (Å²) < 4.78 is 2.07. The smallest absolute Gasteiger partial charge is 0.213 e. The number of pyridine rings is 2. The van der Waals surface area contributed by atoms with Crippen molar-refractivity contribution >= 4 is 70.8 Å². The van der Waals surface area contributed by atoms with Crippen LogP contribution in [0.1, 0.15) is 33.7 Å². The first-order valence-corrected chi connectivity index (χ1v) is 13.9. The maximum absolute atomic E-state index is 11.7. The number of alkyl halides is 1. The van der Waals surface area contributed by atoms with Gasteiger partial charge in [0.25, 0.3) is 0 Å². The van der Waals surface area contributed by atoms with Crippen LogP contribution in [0.4, 0.5) is 0 Å². The van der Waals surface area contributed by atoms with E-state index in [0.717, 1.165) is 16.4 Å². The fourth-order valence-electron chi connectivity index (χ4n) is 4.33. The molecule has 0 amide bonds. The number of benzene rings is 4. The molecule has 0 N–H and O–H groups in total. The molecule has 0 aliphatic carbocycles. The van der Waals surface area contributed by atoms with E-state index in [0.29, 0.717) is 0 Å². The van der Waals surface area contributed by atoms with Gasteiger partial charge in [0.1, 0.15) is 5.78 Å². The molecule has 4 aromatic carbocycles. The lowest BCUT2D eigenvalue weighted by molar-refractivity contribution is -0.679. The second-order valence-electron chi connectivity index (χ2n) is 9.52. The number of fused-ring (bicyclic) bond motifs is 6. The second-order valence-corrected chi connectivity index (χ2v) is 10.9. The summed E-state index contributed by atoms with van der Waals surface area (Å²) in [6.45, 7) is 6.95. The molecule has 6 aromatic rings. The van der Waals surface area contributed by atoms with Gasteiger partial charge < -0.3 is 17.0 Å². The summed E-state index contributed by atoms with van der Waals surface area (Å²) in [5.41, 5.74) is 2.16. The lowest BCUT2D eigenvalue weighted by atomic mass is 10.1. The van der Waals surface area contributed by atoms with Crippen molar-refractivity contribution in [2.45, 2.75) is 38.6 Å². The predicted octanol–water partition coefficient (Wildman–Crippen LogP) is 5.18. The Hall–Kier alpha value is -3.48. The average molecular weight is 660 g/mol. The Kier molecular flexibility index (Phi) is 11.1. The monoisotopic (exact) mass is 658 g/mol. The van der Waals surface area contributed by atoms with Crippen LogP contribution in [0.15, 0.2) is 109 Å². The summed E-state index contributed by atoms with van der Waals surface area (Å²) in [7, 11) is 0. The second kappa shape index (κ2) is 14.2. The number of hydrogen-bond donors (Lipinski definition) is 0. The van der Waals surface area contributed by atoms with E-state index in [1.807, 2.05) is 62.5 Å². The number of nitrogens with zero attached hydrogens (tertiary/aromatic N) is 2. The highest BCUT2D eigenvalue weighted by atomic mass is 79.9. The first kappa shape index (κ1) is 31.1. The molecular weight excluding hydrogens is 628 g/mol. The van der Waals surface area contributed by atoms with E-state index in [1.165, 1.54) is 26.9 Å². The molecule has 0 saturated carbocycles. The Bertz CT molecular complexity index is 1730. The van der Waals surface area contributed by atoms with Gasteiger partial charge in [0.05, 0.1) is 15.7 Å². The highest BCUT2D eigenvalue weighted by Gasteiger charge is 2.22. The molecule has 4 nitrogen and oxygen atoms in total. The Morgan fingerprint density at radius 3 is 1.75 bits per heavy atom. The summed E-state index contributed by atoms with van der Waals surface area (Å²) in [5, 5.41) is 7.28. The van der Waals surface area contributed by atoms with Gasteiger partial charge in [-0.1, -0.05) is 88.7 Å². The molecule has 0 aliphatic heterocycles. The summed E-state index contributed by atoms with van der Waals surface area (Å²) in [4.78, 5) is 26.2. The number of hydrogen-bond acceptors (Lipinski definition) is 3. The van der Waals surface area contributed by atoms with Crippen LogP contribution in [0.3, 0.4) is 0 Å². The number of para-hydroxylation sites is 2. The van der Waals surface area contributed by atoms with Gasteiger partial charge in [0.15, 0.2) is 12.0 Å². The van der Waals surface area contributed by atoms with E-state index in [4.69, 9.17) is 0 Å². The van der Waals surface area contributed by atoms with Crippen molar-refractivity contribution in [3.63, 3.8) is 0 Å². The quantitative estimate of drug-likeness (QED) is 0.150. The summed E-state index contributed by atoms with van der Waals surface area (Å²) in [6, 6.07) is 32.9. The van der Waals surface area contributed by atoms with Gasteiger partial charge in [0.2, 0.25) is 11.6 Å². The molecule has 0 fully saturated rings. The van der Waals surface area contributed by atoms with Gasteiger partial charge in [-0.05, 0) is 37.4 Å². The molecule has 40 heavy (non-hydrogen) atoms. The largest absolute Gasteiger partial charge is 1.00 e. The van der Waals surface area contributed by atoms with Crippen molar-refractivity contribution in [1.29, 1.82) is 0 Å². The lowest BCUT2D eigenvalue weighted by Gasteiger charge is -2.08. The van der Waals surface area contributed by atoms with Crippen molar-refractivity contribution in [3.05, 3.63) is 109 Å².